The molecule has 2 aliphatic heterocycles. The Bertz CT molecular complexity index is 1080. The zero-order valence-electron chi connectivity index (χ0n) is 21.5. The van der Waals surface area contributed by atoms with Gasteiger partial charge in [0.1, 0.15) is 42.9 Å². The molecule has 0 spiro atoms. The third-order valence-corrected chi connectivity index (χ3v) is 6.36. The maximum Gasteiger partial charge on any atom is 0.351 e. The van der Waals surface area contributed by atoms with Gasteiger partial charge in [0.05, 0.1) is 6.61 Å². The first kappa shape index (κ1) is 31.9. The molecule has 3 heterocycles. The summed E-state index contributed by atoms with van der Waals surface area (Å²) in [6.07, 6.45) is -10.8. The summed E-state index contributed by atoms with van der Waals surface area (Å²) in [5.74, 6) is -5.15. The number of aliphatic hydroxyl groups is 5. The van der Waals surface area contributed by atoms with Gasteiger partial charge in [0.2, 0.25) is 12.1 Å². The molecule has 0 bridgehead atoms. The van der Waals surface area contributed by atoms with Gasteiger partial charge in [-0.15, -0.1) is 0 Å². The Kier molecular flexibility index (Phi) is 11.0. The van der Waals surface area contributed by atoms with Gasteiger partial charge in [-0.2, -0.15) is 13.8 Å². The fourth-order valence-corrected chi connectivity index (χ4v) is 4.14. The van der Waals surface area contributed by atoms with E-state index in [1.807, 2.05) is 0 Å². The second kappa shape index (κ2) is 13.8. The second-order valence-electron chi connectivity index (χ2n) is 9.38. The maximum atomic E-state index is 14.3. The molecule has 3 rings (SSSR count). The Morgan fingerprint density at radius 2 is 1.82 bits per heavy atom. The maximum absolute atomic E-state index is 14.3. The zero-order valence-corrected chi connectivity index (χ0v) is 21.5. The van der Waals surface area contributed by atoms with Gasteiger partial charge in [-0.25, -0.2) is 4.79 Å². The van der Waals surface area contributed by atoms with E-state index in [1.54, 1.807) is 0 Å². The minimum Gasteiger partial charge on any atom is -0.463 e. The summed E-state index contributed by atoms with van der Waals surface area (Å²) < 4.78 is 49.5. The van der Waals surface area contributed by atoms with Crippen LogP contribution >= 0.6 is 0 Å². The number of nitrogens with one attached hydrogen (secondary N) is 1. The zero-order chi connectivity index (χ0) is 29.6. The first-order valence-corrected chi connectivity index (χ1v) is 12.5. The van der Waals surface area contributed by atoms with Crippen molar-refractivity contribution in [2.45, 2.75) is 87.7 Å². The van der Waals surface area contributed by atoms with Crippen LogP contribution in [0, 0.1) is 0 Å². The Balaban J connectivity index is 1.40. The predicted molar refractivity (Wildman–Crippen MR) is 127 cm³/mol. The number of aliphatic hydroxyl groups excluding tert-OH is 5. The number of carbonyl (C=O) groups excluding carboxylic acids is 2. The first-order chi connectivity index (χ1) is 18.9. The molecule has 0 aromatic carbocycles. The normalized spacial score (nSPS) is 31.6. The summed E-state index contributed by atoms with van der Waals surface area (Å²) in [5.41, 5.74) is -1.16. The smallest absolute Gasteiger partial charge is 0.351 e. The lowest BCUT2D eigenvalue weighted by molar-refractivity contribution is -0.301. The monoisotopic (exact) mass is 581 g/mol. The lowest BCUT2D eigenvalue weighted by Gasteiger charge is -2.39. The van der Waals surface area contributed by atoms with Crippen LogP contribution in [0.4, 0.5) is 14.6 Å². The molecule has 2 aliphatic rings. The Labute approximate surface area is 226 Å². The number of aromatic nitrogens is 2. The van der Waals surface area contributed by atoms with Crippen molar-refractivity contribution in [3.63, 3.8) is 0 Å². The van der Waals surface area contributed by atoms with Gasteiger partial charge >= 0.3 is 17.6 Å². The lowest BCUT2D eigenvalue weighted by Crippen LogP contribution is -2.59. The van der Waals surface area contributed by atoms with E-state index >= 15 is 0 Å². The highest BCUT2D eigenvalue weighted by Gasteiger charge is 2.59. The number of amides is 1. The van der Waals surface area contributed by atoms with Crippen LogP contribution in [0.25, 0.3) is 0 Å². The molecule has 226 valence electrons. The number of rotatable bonds is 12. The van der Waals surface area contributed by atoms with Crippen LogP contribution in [0.2, 0.25) is 0 Å². The molecule has 1 amide bonds. The van der Waals surface area contributed by atoms with Crippen molar-refractivity contribution >= 4 is 17.7 Å². The highest BCUT2D eigenvalue weighted by atomic mass is 19.3. The quantitative estimate of drug-likeness (QED) is 0.117. The topological polar surface area (TPSA) is 219 Å². The molecule has 1 aromatic rings. The molecular weight excluding hydrogens is 548 g/mol. The number of nitrogens with zero attached hydrogens (tertiary/aromatic N) is 2. The van der Waals surface area contributed by atoms with Gasteiger partial charge in [-0.05, 0) is 18.9 Å². The Morgan fingerprint density at radius 3 is 2.45 bits per heavy atom. The SMILES string of the molecule is CC(=O)OC[C@H]1OC(OCCCCCC(=O)Nc2ccn(C3OC(CO)C(O)C3(F)F)c(=O)n2)[C@H](O)[C@H](O)[C@H]1O. The van der Waals surface area contributed by atoms with Crippen LogP contribution in [0.1, 0.15) is 38.8 Å². The number of halogens is 2. The number of hydrogen-bond donors (Lipinski definition) is 6. The van der Waals surface area contributed by atoms with Gasteiger partial charge in [-0.3, -0.25) is 14.2 Å². The summed E-state index contributed by atoms with van der Waals surface area (Å²) in [5, 5.41) is 51.1. The summed E-state index contributed by atoms with van der Waals surface area (Å²) in [7, 11) is 0. The molecular formula is C23H33F2N3O12. The van der Waals surface area contributed by atoms with E-state index in [1.165, 1.54) is 0 Å². The molecule has 2 fully saturated rings. The fraction of sp³-hybridized carbons (Fsp3) is 0.739. The van der Waals surface area contributed by atoms with E-state index in [4.69, 9.17) is 24.1 Å². The van der Waals surface area contributed by atoms with Crippen LogP contribution in [0.5, 0.6) is 0 Å². The van der Waals surface area contributed by atoms with Gasteiger partial charge in [0.25, 0.3) is 0 Å². The number of alkyl halides is 2. The van der Waals surface area contributed by atoms with E-state index < -0.39 is 79.2 Å². The highest BCUT2D eigenvalue weighted by molar-refractivity contribution is 5.89. The standard InChI is InChI=1S/C23H33F2N3O12/c1-11(30)38-10-13-16(32)17(33)18(34)20(39-13)37-8-4-2-3-5-15(31)26-14-6-7-28(22(36)27-14)21-23(24,25)19(35)12(9-29)40-21/h6-7,12-13,16-21,29,32-35H,2-5,8-10H2,1H3,(H,26,27,31,36)/t12?,13-,16+,17-,18-,19?,20?,21?/m1/s1. The molecule has 4 unspecified atom stereocenters. The molecule has 1 aromatic heterocycles. The van der Waals surface area contributed by atoms with E-state index in [0.29, 0.717) is 23.8 Å². The van der Waals surface area contributed by atoms with E-state index in [9.17, 15) is 43.6 Å². The number of anilines is 1. The van der Waals surface area contributed by atoms with Gasteiger partial charge in [-0.1, -0.05) is 6.42 Å². The number of hydrogen-bond acceptors (Lipinski definition) is 13. The molecule has 8 atom stereocenters. The summed E-state index contributed by atoms with van der Waals surface area (Å²) in [4.78, 5) is 39.0. The molecule has 2 saturated heterocycles. The second-order valence-corrected chi connectivity index (χ2v) is 9.38. The molecule has 6 N–H and O–H groups in total. The molecule has 0 saturated carbocycles. The number of unbranched alkanes of at least 4 members (excludes halogenated alkanes) is 2. The predicted octanol–water partition coefficient (Wildman–Crippen LogP) is -1.98. The number of esters is 1. The van der Waals surface area contributed by atoms with Crippen molar-refractivity contribution in [2.75, 3.05) is 25.1 Å². The highest BCUT2D eigenvalue weighted by Crippen LogP contribution is 2.42. The van der Waals surface area contributed by atoms with Crippen LogP contribution in [-0.4, -0.2) is 116 Å². The Morgan fingerprint density at radius 1 is 1.10 bits per heavy atom. The molecule has 0 aliphatic carbocycles. The summed E-state index contributed by atoms with van der Waals surface area (Å²) in [6, 6.07) is 1.11. The van der Waals surface area contributed by atoms with Crippen molar-refractivity contribution in [3.05, 3.63) is 22.7 Å². The molecule has 0 radical (unpaired) electrons. The summed E-state index contributed by atoms with van der Waals surface area (Å²) in [6.45, 7) is 0.0229. The number of carbonyl (C=O) groups is 2. The molecule has 17 heteroatoms. The minimum atomic E-state index is -3.86. The fourth-order valence-electron chi connectivity index (χ4n) is 4.14. The Hall–Kier alpha value is -2.64. The van der Waals surface area contributed by atoms with Gasteiger partial charge in [0, 0.05) is 26.1 Å². The largest absolute Gasteiger partial charge is 0.463 e. The summed E-state index contributed by atoms with van der Waals surface area (Å²) >= 11 is 0. The third kappa shape index (κ3) is 7.55. The van der Waals surface area contributed by atoms with Crippen molar-refractivity contribution < 1.29 is 62.8 Å². The van der Waals surface area contributed by atoms with Crippen LogP contribution < -0.4 is 11.0 Å². The van der Waals surface area contributed by atoms with Crippen LogP contribution in [-0.2, 0) is 28.5 Å². The van der Waals surface area contributed by atoms with Crippen LogP contribution in [0.3, 0.4) is 0 Å². The molecule has 15 nitrogen and oxygen atoms in total. The van der Waals surface area contributed by atoms with Gasteiger partial charge in [0.15, 0.2) is 12.4 Å². The first-order valence-electron chi connectivity index (χ1n) is 12.5. The molecule has 40 heavy (non-hydrogen) atoms. The average Bonchev–Trinajstić information content (AvgIpc) is 3.13. The van der Waals surface area contributed by atoms with Crippen molar-refractivity contribution in [2.24, 2.45) is 0 Å². The van der Waals surface area contributed by atoms with Crippen molar-refractivity contribution in [3.8, 4) is 0 Å². The lowest BCUT2D eigenvalue weighted by atomic mass is 9.99. The van der Waals surface area contributed by atoms with Crippen molar-refractivity contribution in [1.82, 2.24) is 9.55 Å². The van der Waals surface area contributed by atoms with E-state index in [0.717, 1.165) is 19.2 Å². The number of ether oxygens (including phenoxy) is 4. The average molecular weight is 582 g/mol. The van der Waals surface area contributed by atoms with Gasteiger partial charge < -0.3 is 49.8 Å². The van der Waals surface area contributed by atoms with Crippen LogP contribution in [0.15, 0.2) is 17.1 Å². The van der Waals surface area contributed by atoms with E-state index in [-0.39, 0.29) is 25.5 Å². The minimum absolute atomic E-state index is 0.0247. The van der Waals surface area contributed by atoms with Crippen molar-refractivity contribution in [1.29, 1.82) is 0 Å². The van der Waals surface area contributed by atoms with E-state index in [2.05, 4.69) is 10.3 Å². The third-order valence-electron chi connectivity index (χ3n) is 6.36.